The number of ether oxygens (including phenoxy) is 1. The van der Waals surface area contributed by atoms with Crippen LogP contribution in [-0.4, -0.2) is 12.7 Å². The summed E-state index contributed by atoms with van der Waals surface area (Å²) in [6, 6.07) is 6.50. The van der Waals surface area contributed by atoms with E-state index in [9.17, 15) is 0 Å². The maximum Gasteiger partial charge on any atom is 0.0641 e. The van der Waals surface area contributed by atoms with Crippen molar-refractivity contribution in [2.45, 2.75) is 38.7 Å². The zero-order valence-electron chi connectivity index (χ0n) is 10.2. The molecule has 16 heavy (non-hydrogen) atoms. The molecule has 0 saturated carbocycles. The Bertz CT molecular complexity index is 375. The average molecular weight is 239 g/mol. The maximum atomic E-state index is 6.60. The fourth-order valence-corrected chi connectivity index (χ4v) is 2.99. The Balaban J connectivity index is 2.25. The minimum atomic E-state index is 0.0809. The number of alkyl halides is 1. The van der Waals surface area contributed by atoms with Crippen LogP contribution in [-0.2, 0) is 4.74 Å². The molecule has 0 aliphatic carbocycles. The van der Waals surface area contributed by atoms with E-state index in [0.29, 0.717) is 5.92 Å². The molecule has 3 atom stereocenters. The van der Waals surface area contributed by atoms with E-state index in [1.54, 1.807) is 0 Å². The molecule has 0 spiro atoms. The van der Waals surface area contributed by atoms with Crippen LogP contribution in [0.15, 0.2) is 18.2 Å². The van der Waals surface area contributed by atoms with E-state index in [4.69, 9.17) is 16.3 Å². The second-order valence-corrected chi connectivity index (χ2v) is 5.26. The first-order chi connectivity index (χ1) is 7.59. The molecule has 0 aromatic heterocycles. The van der Waals surface area contributed by atoms with Crippen LogP contribution in [0.25, 0.3) is 0 Å². The van der Waals surface area contributed by atoms with Gasteiger partial charge in [-0.05, 0) is 38.3 Å². The molecule has 1 aromatic carbocycles. The molecular weight excluding hydrogens is 220 g/mol. The summed E-state index contributed by atoms with van der Waals surface area (Å²) in [6.45, 7) is 7.21. The number of hydrogen-bond acceptors (Lipinski definition) is 1. The number of rotatable bonds is 2. The van der Waals surface area contributed by atoms with Crippen molar-refractivity contribution in [3.05, 3.63) is 34.9 Å². The first-order valence-electron chi connectivity index (χ1n) is 5.92. The predicted octanol–water partition coefficient (Wildman–Crippen LogP) is 4.01. The molecule has 2 rings (SSSR count). The van der Waals surface area contributed by atoms with Crippen molar-refractivity contribution >= 4 is 11.6 Å². The molecule has 1 fully saturated rings. The van der Waals surface area contributed by atoms with Crippen LogP contribution in [0.5, 0.6) is 0 Å². The Kier molecular flexibility index (Phi) is 3.56. The molecule has 88 valence electrons. The third kappa shape index (κ3) is 2.26. The van der Waals surface area contributed by atoms with E-state index in [1.807, 2.05) is 0 Å². The second-order valence-electron chi connectivity index (χ2n) is 4.79. The summed E-state index contributed by atoms with van der Waals surface area (Å²) < 4.78 is 5.59. The largest absolute Gasteiger partial charge is 0.378 e. The van der Waals surface area contributed by atoms with Crippen molar-refractivity contribution in [2.24, 2.45) is 5.92 Å². The van der Waals surface area contributed by atoms with Crippen LogP contribution in [0.3, 0.4) is 0 Å². The van der Waals surface area contributed by atoms with Gasteiger partial charge >= 0.3 is 0 Å². The fraction of sp³-hybridized carbons (Fsp3) is 0.571. The van der Waals surface area contributed by atoms with Gasteiger partial charge in [0.1, 0.15) is 0 Å². The highest BCUT2D eigenvalue weighted by molar-refractivity contribution is 6.21. The molecule has 0 bridgehead atoms. The number of aryl methyl sites for hydroxylation is 2. The summed E-state index contributed by atoms with van der Waals surface area (Å²) in [5.74, 6) is 0.446. The molecule has 1 aromatic rings. The van der Waals surface area contributed by atoms with Crippen molar-refractivity contribution in [2.75, 3.05) is 6.61 Å². The van der Waals surface area contributed by atoms with Gasteiger partial charge in [-0.3, -0.25) is 0 Å². The van der Waals surface area contributed by atoms with E-state index in [1.165, 1.54) is 16.7 Å². The third-order valence-corrected chi connectivity index (χ3v) is 4.10. The lowest BCUT2D eigenvalue weighted by Gasteiger charge is -2.22. The average Bonchev–Trinajstić information content (AvgIpc) is 2.67. The van der Waals surface area contributed by atoms with Crippen molar-refractivity contribution in [1.29, 1.82) is 0 Å². The van der Waals surface area contributed by atoms with Crippen molar-refractivity contribution < 1.29 is 4.74 Å². The Morgan fingerprint density at radius 1 is 1.38 bits per heavy atom. The first kappa shape index (κ1) is 11.9. The normalized spacial score (nSPS) is 27.0. The fourth-order valence-electron chi connectivity index (χ4n) is 2.42. The van der Waals surface area contributed by atoms with E-state index in [2.05, 4.69) is 39.0 Å². The van der Waals surface area contributed by atoms with Gasteiger partial charge in [-0.25, -0.2) is 0 Å². The van der Waals surface area contributed by atoms with Gasteiger partial charge in [-0.1, -0.05) is 23.8 Å². The van der Waals surface area contributed by atoms with Crippen LogP contribution in [0.4, 0.5) is 0 Å². The van der Waals surface area contributed by atoms with Crippen LogP contribution in [0.1, 0.15) is 35.4 Å². The van der Waals surface area contributed by atoms with Gasteiger partial charge in [-0.2, -0.15) is 0 Å². The lowest BCUT2D eigenvalue weighted by molar-refractivity contribution is 0.105. The summed E-state index contributed by atoms with van der Waals surface area (Å²) >= 11 is 6.60. The number of hydrogen-bond donors (Lipinski definition) is 0. The van der Waals surface area contributed by atoms with E-state index < -0.39 is 0 Å². The Hall–Kier alpha value is -0.530. The lowest BCUT2D eigenvalue weighted by Crippen LogP contribution is -2.17. The van der Waals surface area contributed by atoms with Gasteiger partial charge in [0, 0.05) is 12.5 Å². The minimum Gasteiger partial charge on any atom is -0.378 e. The zero-order valence-corrected chi connectivity index (χ0v) is 10.9. The molecule has 1 saturated heterocycles. The lowest BCUT2D eigenvalue weighted by atomic mass is 9.90. The number of halogens is 1. The summed E-state index contributed by atoms with van der Waals surface area (Å²) in [7, 11) is 0. The summed E-state index contributed by atoms with van der Waals surface area (Å²) in [5.41, 5.74) is 3.83. The molecule has 0 radical (unpaired) electrons. The molecule has 2 heteroatoms. The quantitative estimate of drug-likeness (QED) is 0.708. The molecule has 0 N–H and O–H groups in total. The molecule has 1 aliphatic heterocycles. The molecule has 0 amide bonds. The highest BCUT2D eigenvalue weighted by Crippen LogP contribution is 2.39. The van der Waals surface area contributed by atoms with Crippen molar-refractivity contribution in [3.63, 3.8) is 0 Å². The topological polar surface area (TPSA) is 9.23 Å². The second kappa shape index (κ2) is 4.77. The van der Waals surface area contributed by atoms with Gasteiger partial charge in [-0.15, -0.1) is 11.6 Å². The van der Waals surface area contributed by atoms with E-state index in [0.717, 1.165) is 13.0 Å². The summed E-state index contributed by atoms with van der Waals surface area (Å²) in [4.78, 5) is 0. The predicted molar refractivity (Wildman–Crippen MR) is 68.0 cm³/mol. The van der Waals surface area contributed by atoms with Gasteiger partial charge < -0.3 is 4.74 Å². The number of benzene rings is 1. The third-order valence-electron chi connectivity index (χ3n) is 3.54. The van der Waals surface area contributed by atoms with Crippen molar-refractivity contribution in [1.82, 2.24) is 0 Å². The summed E-state index contributed by atoms with van der Waals surface area (Å²) in [6.07, 6.45) is 1.35. The zero-order chi connectivity index (χ0) is 11.7. The highest BCUT2D eigenvalue weighted by Gasteiger charge is 2.32. The highest BCUT2D eigenvalue weighted by atomic mass is 35.5. The monoisotopic (exact) mass is 238 g/mol. The molecule has 1 heterocycles. The smallest absolute Gasteiger partial charge is 0.0641 e. The van der Waals surface area contributed by atoms with E-state index in [-0.39, 0.29) is 11.5 Å². The first-order valence-corrected chi connectivity index (χ1v) is 6.36. The molecular formula is C14H19ClO. The van der Waals surface area contributed by atoms with Gasteiger partial charge in [0.05, 0.1) is 11.5 Å². The van der Waals surface area contributed by atoms with Gasteiger partial charge in [0.25, 0.3) is 0 Å². The molecule has 3 unspecified atom stereocenters. The van der Waals surface area contributed by atoms with Gasteiger partial charge in [0.2, 0.25) is 0 Å². The Labute approximate surface area is 103 Å². The molecule has 1 aliphatic rings. The standard InChI is InChI=1S/C14H19ClO/c1-9-4-5-10(2)13(8-9)14(15)12-6-7-16-11(12)3/h4-5,8,11-12,14H,6-7H2,1-3H3. The maximum absolute atomic E-state index is 6.60. The van der Waals surface area contributed by atoms with E-state index >= 15 is 0 Å². The van der Waals surface area contributed by atoms with Crippen LogP contribution >= 0.6 is 11.6 Å². The van der Waals surface area contributed by atoms with Crippen LogP contribution in [0, 0.1) is 19.8 Å². The van der Waals surface area contributed by atoms with Gasteiger partial charge in [0.15, 0.2) is 0 Å². The minimum absolute atomic E-state index is 0.0809. The summed E-state index contributed by atoms with van der Waals surface area (Å²) in [5, 5.41) is 0.0809. The SMILES string of the molecule is Cc1ccc(C)c(C(Cl)C2CCOC2C)c1. The Morgan fingerprint density at radius 3 is 2.75 bits per heavy atom. The Morgan fingerprint density at radius 2 is 2.12 bits per heavy atom. The van der Waals surface area contributed by atoms with Crippen LogP contribution < -0.4 is 0 Å². The van der Waals surface area contributed by atoms with Crippen LogP contribution in [0.2, 0.25) is 0 Å². The molecule has 1 nitrogen and oxygen atoms in total. The van der Waals surface area contributed by atoms with Crippen molar-refractivity contribution in [3.8, 4) is 0 Å².